The highest BCUT2D eigenvalue weighted by atomic mass is 35.5. The highest BCUT2D eigenvalue weighted by Crippen LogP contribution is 2.21. The van der Waals surface area contributed by atoms with Crippen molar-refractivity contribution in [3.8, 4) is 5.75 Å². The van der Waals surface area contributed by atoms with Gasteiger partial charge in [0.05, 0.1) is 5.02 Å². The van der Waals surface area contributed by atoms with Gasteiger partial charge in [0, 0.05) is 11.8 Å². The third kappa shape index (κ3) is 3.11. The molecule has 2 aromatic rings. The number of halogens is 2. The molecule has 0 aromatic heterocycles. The van der Waals surface area contributed by atoms with Gasteiger partial charge < -0.3 is 10.5 Å². The smallest absolute Gasteiger partial charge is 0.145 e. The molecule has 0 aliphatic heterocycles. The molecule has 0 unspecified atom stereocenters. The predicted octanol–water partition coefficient (Wildman–Crippen LogP) is 3.64. The van der Waals surface area contributed by atoms with E-state index >= 15 is 0 Å². The molecule has 4 heteroatoms. The molecule has 17 heavy (non-hydrogen) atoms. The molecule has 0 amide bonds. The van der Waals surface area contributed by atoms with Gasteiger partial charge in [-0.05, 0) is 29.8 Å². The summed E-state index contributed by atoms with van der Waals surface area (Å²) in [5, 5.41) is 0.0845. The van der Waals surface area contributed by atoms with E-state index in [1.165, 1.54) is 12.1 Å². The van der Waals surface area contributed by atoms with Gasteiger partial charge in [0.25, 0.3) is 0 Å². The summed E-state index contributed by atoms with van der Waals surface area (Å²) in [5.41, 5.74) is 7.24. The van der Waals surface area contributed by atoms with E-state index in [0.717, 1.165) is 5.56 Å². The Morgan fingerprint density at radius 2 is 2.00 bits per heavy atom. The van der Waals surface area contributed by atoms with E-state index in [0.29, 0.717) is 18.0 Å². The topological polar surface area (TPSA) is 35.2 Å². The Labute approximate surface area is 104 Å². The molecule has 0 radical (unpaired) electrons. The Kier molecular flexibility index (Phi) is 3.49. The van der Waals surface area contributed by atoms with Crippen LogP contribution in [0.2, 0.25) is 5.02 Å². The standard InChI is InChI=1S/C13H11ClFNO/c14-12-5-4-11(7-13(12)15)17-8-9-2-1-3-10(16)6-9/h1-7H,8,16H2. The van der Waals surface area contributed by atoms with Gasteiger partial charge in [0.2, 0.25) is 0 Å². The zero-order valence-electron chi connectivity index (χ0n) is 8.99. The fourth-order valence-corrected chi connectivity index (χ4v) is 1.53. The highest BCUT2D eigenvalue weighted by Gasteiger charge is 2.02. The van der Waals surface area contributed by atoms with E-state index in [4.69, 9.17) is 22.1 Å². The summed E-state index contributed by atoms with van der Waals surface area (Å²) in [6, 6.07) is 11.7. The molecule has 0 saturated carbocycles. The van der Waals surface area contributed by atoms with Gasteiger partial charge in [-0.3, -0.25) is 0 Å². The average Bonchev–Trinajstić information content (AvgIpc) is 2.31. The van der Waals surface area contributed by atoms with Crippen LogP contribution in [0.1, 0.15) is 5.56 Å². The Hall–Kier alpha value is -1.74. The van der Waals surface area contributed by atoms with Gasteiger partial charge in [-0.25, -0.2) is 4.39 Å². The Bertz CT molecular complexity index is 531. The van der Waals surface area contributed by atoms with Crippen molar-refractivity contribution in [2.24, 2.45) is 0 Å². The zero-order chi connectivity index (χ0) is 12.3. The van der Waals surface area contributed by atoms with E-state index in [2.05, 4.69) is 0 Å². The third-order valence-corrected chi connectivity index (χ3v) is 2.55. The quantitative estimate of drug-likeness (QED) is 0.846. The lowest BCUT2D eigenvalue weighted by Gasteiger charge is -2.07. The van der Waals surface area contributed by atoms with Gasteiger partial charge in [-0.1, -0.05) is 23.7 Å². The Morgan fingerprint density at radius 3 is 2.71 bits per heavy atom. The fraction of sp³-hybridized carbons (Fsp3) is 0.0769. The molecular weight excluding hydrogens is 241 g/mol. The summed E-state index contributed by atoms with van der Waals surface area (Å²) < 4.78 is 18.6. The number of ether oxygens (including phenoxy) is 1. The summed E-state index contributed by atoms with van der Waals surface area (Å²) >= 11 is 5.57. The predicted molar refractivity (Wildman–Crippen MR) is 66.6 cm³/mol. The van der Waals surface area contributed by atoms with Gasteiger partial charge >= 0.3 is 0 Å². The minimum Gasteiger partial charge on any atom is -0.489 e. The molecule has 0 bridgehead atoms. The molecule has 2 rings (SSSR count). The molecule has 0 aliphatic rings. The van der Waals surface area contributed by atoms with Crippen LogP contribution in [-0.2, 0) is 6.61 Å². The van der Waals surface area contributed by atoms with Crippen molar-refractivity contribution in [3.05, 3.63) is 58.9 Å². The van der Waals surface area contributed by atoms with Crippen LogP contribution in [0, 0.1) is 5.82 Å². The first kappa shape index (κ1) is 11.7. The van der Waals surface area contributed by atoms with Crippen LogP contribution in [0.4, 0.5) is 10.1 Å². The maximum Gasteiger partial charge on any atom is 0.145 e. The summed E-state index contributed by atoms with van der Waals surface area (Å²) in [5.74, 6) is -0.0499. The zero-order valence-corrected chi connectivity index (χ0v) is 9.75. The molecule has 0 heterocycles. The molecule has 0 saturated heterocycles. The van der Waals surface area contributed by atoms with Crippen molar-refractivity contribution in [3.63, 3.8) is 0 Å². The first-order valence-corrected chi connectivity index (χ1v) is 5.45. The SMILES string of the molecule is Nc1cccc(COc2ccc(Cl)c(F)c2)c1. The Morgan fingerprint density at radius 1 is 1.18 bits per heavy atom. The average molecular weight is 252 g/mol. The second-order valence-electron chi connectivity index (χ2n) is 3.61. The van der Waals surface area contributed by atoms with Crippen molar-refractivity contribution in [2.45, 2.75) is 6.61 Å². The van der Waals surface area contributed by atoms with Crippen molar-refractivity contribution in [1.29, 1.82) is 0 Å². The minimum absolute atomic E-state index is 0.0845. The van der Waals surface area contributed by atoms with Gasteiger partial charge in [0.1, 0.15) is 18.2 Å². The lowest BCUT2D eigenvalue weighted by atomic mass is 10.2. The van der Waals surface area contributed by atoms with Crippen LogP contribution in [0.15, 0.2) is 42.5 Å². The first-order valence-electron chi connectivity index (χ1n) is 5.07. The molecule has 88 valence electrons. The molecule has 2 aromatic carbocycles. The van der Waals surface area contributed by atoms with Gasteiger partial charge in [-0.2, -0.15) is 0 Å². The second kappa shape index (κ2) is 5.06. The second-order valence-corrected chi connectivity index (χ2v) is 4.02. The van der Waals surface area contributed by atoms with E-state index in [1.807, 2.05) is 18.2 Å². The monoisotopic (exact) mass is 251 g/mol. The molecule has 2 nitrogen and oxygen atoms in total. The lowest BCUT2D eigenvalue weighted by molar-refractivity contribution is 0.304. The number of benzene rings is 2. The third-order valence-electron chi connectivity index (χ3n) is 2.25. The molecule has 0 atom stereocenters. The number of rotatable bonds is 3. The maximum atomic E-state index is 13.1. The summed E-state index contributed by atoms with van der Waals surface area (Å²) in [4.78, 5) is 0. The van der Waals surface area contributed by atoms with Crippen LogP contribution in [-0.4, -0.2) is 0 Å². The van der Waals surface area contributed by atoms with Crippen LogP contribution in [0.25, 0.3) is 0 Å². The van der Waals surface area contributed by atoms with Crippen molar-refractivity contribution in [1.82, 2.24) is 0 Å². The van der Waals surface area contributed by atoms with E-state index < -0.39 is 5.82 Å². The van der Waals surface area contributed by atoms with E-state index in [-0.39, 0.29) is 5.02 Å². The van der Waals surface area contributed by atoms with E-state index in [1.54, 1.807) is 12.1 Å². The number of nitrogen functional groups attached to an aromatic ring is 1. The highest BCUT2D eigenvalue weighted by molar-refractivity contribution is 6.30. The first-order chi connectivity index (χ1) is 8.15. The minimum atomic E-state index is -0.489. The number of hydrogen-bond donors (Lipinski definition) is 1. The van der Waals surface area contributed by atoms with Gasteiger partial charge in [0.15, 0.2) is 0 Å². The van der Waals surface area contributed by atoms with Crippen molar-refractivity contribution >= 4 is 17.3 Å². The van der Waals surface area contributed by atoms with Crippen LogP contribution < -0.4 is 10.5 Å². The normalized spacial score (nSPS) is 10.2. The number of hydrogen-bond acceptors (Lipinski definition) is 2. The van der Waals surface area contributed by atoms with Crippen molar-refractivity contribution < 1.29 is 9.13 Å². The van der Waals surface area contributed by atoms with Crippen molar-refractivity contribution in [2.75, 3.05) is 5.73 Å². The van der Waals surface area contributed by atoms with Gasteiger partial charge in [-0.15, -0.1) is 0 Å². The largest absolute Gasteiger partial charge is 0.489 e. The van der Waals surface area contributed by atoms with E-state index in [9.17, 15) is 4.39 Å². The number of nitrogens with two attached hydrogens (primary N) is 1. The fourth-order valence-electron chi connectivity index (χ4n) is 1.42. The molecular formula is C13H11ClFNO. The summed E-state index contributed by atoms with van der Waals surface area (Å²) in [6.45, 7) is 0.339. The molecule has 0 spiro atoms. The van der Waals surface area contributed by atoms with Crippen LogP contribution in [0.3, 0.4) is 0 Å². The molecule has 2 N–H and O–H groups in total. The summed E-state index contributed by atoms with van der Waals surface area (Å²) in [6.07, 6.45) is 0. The number of anilines is 1. The summed E-state index contributed by atoms with van der Waals surface area (Å²) in [7, 11) is 0. The maximum absolute atomic E-state index is 13.1. The lowest BCUT2D eigenvalue weighted by Crippen LogP contribution is -1.97. The molecule has 0 aliphatic carbocycles. The molecule has 0 fully saturated rings. The Balaban J connectivity index is 2.05. The van der Waals surface area contributed by atoms with Crippen LogP contribution >= 0.6 is 11.6 Å². The van der Waals surface area contributed by atoms with Crippen LogP contribution in [0.5, 0.6) is 5.75 Å².